The SMILES string of the molecule is C=C(OC)c1cc(-c2nc3cc(F)c(C)c4c3c(c2C)[C@@H](NC(=O)CCCNC(=O)CNC(=O)C(Cc2ccccc2)NC(C)OCCNC(=O)CCCCCN)CC4)[nH]c(=O)c1CO. The maximum absolute atomic E-state index is 15.3. The number of nitrogens with two attached hydrogens (primary N) is 1. The molecule has 4 amide bonds. The Hall–Kier alpha value is -6.01. The lowest BCUT2D eigenvalue weighted by molar-refractivity contribution is -0.128. The molecule has 1 aliphatic carbocycles. The standard InChI is InChI=1S/C48H63FN8O8/c1-28-33-17-18-37(44-29(2)46(56-38(45(33)44)25-36(28)49)39-24-34(30(3)64-5)35(27-58)47(62)57-39)55-42(60)16-12-20-51-43(61)26-53-48(63)40(23-32-13-8-6-9-14-32)54-31(4)65-22-21-52-41(59)15-10-7-11-19-50/h6,8-9,13-14,24-25,31,37,40,54,58H,3,7,10-12,15-23,26-27,50H2,1-2,4-5H3,(H,51,61)(H,52,59)(H,53,63)(H,55,60)(H,57,62)/t31?,37-,40?/m0/s1. The van der Waals surface area contributed by atoms with Gasteiger partial charge in [-0.05, 0) is 99.7 Å². The van der Waals surface area contributed by atoms with Crippen molar-refractivity contribution < 1.29 is 38.1 Å². The summed E-state index contributed by atoms with van der Waals surface area (Å²) in [5.41, 5.74) is 10.1. The van der Waals surface area contributed by atoms with Crippen molar-refractivity contribution in [3.8, 4) is 11.4 Å². The van der Waals surface area contributed by atoms with E-state index in [1.165, 1.54) is 13.2 Å². The maximum atomic E-state index is 15.3. The highest BCUT2D eigenvalue weighted by atomic mass is 19.1. The van der Waals surface area contributed by atoms with Crippen LogP contribution in [-0.4, -0.2) is 90.9 Å². The van der Waals surface area contributed by atoms with Gasteiger partial charge in [-0.1, -0.05) is 43.3 Å². The first-order chi connectivity index (χ1) is 31.3. The number of hydrogen-bond donors (Lipinski definition) is 8. The number of H-pyrrole nitrogens is 1. The second-order valence-electron chi connectivity index (χ2n) is 16.2. The van der Waals surface area contributed by atoms with Crippen molar-refractivity contribution in [2.75, 3.05) is 39.9 Å². The highest BCUT2D eigenvalue weighted by Gasteiger charge is 2.30. The smallest absolute Gasteiger partial charge is 0.254 e. The van der Waals surface area contributed by atoms with Crippen LogP contribution in [-0.2, 0) is 48.1 Å². The fourth-order valence-electron chi connectivity index (χ4n) is 8.14. The molecular formula is C48H63FN8O8. The third-order valence-electron chi connectivity index (χ3n) is 11.6. The Morgan fingerprint density at radius 1 is 0.985 bits per heavy atom. The summed E-state index contributed by atoms with van der Waals surface area (Å²) in [6.07, 6.45) is 4.21. The van der Waals surface area contributed by atoms with E-state index in [0.29, 0.717) is 78.8 Å². The van der Waals surface area contributed by atoms with Crippen molar-refractivity contribution in [3.05, 3.63) is 104 Å². The van der Waals surface area contributed by atoms with Crippen molar-refractivity contribution in [3.63, 3.8) is 0 Å². The molecule has 350 valence electrons. The zero-order valence-electron chi connectivity index (χ0n) is 37.8. The summed E-state index contributed by atoms with van der Waals surface area (Å²) >= 11 is 0. The number of ether oxygens (including phenoxy) is 2. The molecule has 1 aliphatic rings. The molecule has 0 fully saturated rings. The third kappa shape index (κ3) is 13.5. The number of aromatic nitrogens is 2. The number of nitrogens with one attached hydrogen (secondary N) is 6. The largest absolute Gasteiger partial charge is 0.497 e. The molecule has 5 rings (SSSR count). The number of aromatic amines is 1. The molecule has 65 heavy (non-hydrogen) atoms. The number of aliphatic hydroxyl groups excluding tert-OH is 1. The van der Waals surface area contributed by atoms with Crippen LogP contribution in [0.1, 0.15) is 96.9 Å². The highest BCUT2D eigenvalue weighted by molar-refractivity contribution is 5.93. The number of rotatable bonds is 25. The number of carbonyl (C=O) groups excluding carboxylic acids is 4. The third-order valence-corrected chi connectivity index (χ3v) is 11.6. The maximum Gasteiger partial charge on any atom is 0.254 e. The zero-order chi connectivity index (χ0) is 47.0. The van der Waals surface area contributed by atoms with Gasteiger partial charge in [-0.2, -0.15) is 0 Å². The summed E-state index contributed by atoms with van der Waals surface area (Å²) in [6.45, 7) is 9.74. The number of hydrogen-bond acceptors (Lipinski definition) is 11. The number of benzene rings is 2. The van der Waals surface area contributed by atoms with Crippen LogP contribution < -0.4 is 37.9 Å². The second kappa shape index (κ2) is 24.3. The Balaban J connectivity index is 1.16. The van der Waals surface area contributed by atoms with Gasteiger partial charge in [0.15, 0.2) is 0 Å². The van der Waals surface area contributed by atoms with Crippen molar-refractivity contribution in [1.29, 1.82) is 0 Å². The molecule has 17 heteroatoms. The van der Waals surface area contributed by atoms with Gasteiger partial charge in [0.1, 0.15) is 17.8 Å². The minimum absolute atomic E-state index is 0.0509. The van der Waals surface area contributed by atoms with E-state index >= 15 is 4.39 Å². The molecule has 2 aromatic carbocycles. The van der Waals surface area contributed by atoms with Gasteiger partial charge < -0.3 is 46.6 Å². The molecular weight excluding hydrogens is 836 g/mol. The highest BCUT2D eigenvalue weighted by Crippen LogP contribution is 2.42. The quantitative estimate of drug-likeness (QED) is 0.0271. The number of aryl methyl sites for hydroxylation is 1. The molecule has 0 bridgehead atoms. The van der Waals surface area contributed by atoms with Crippen molar-refractivity contribution in [2.45, 2.75) is 103 Å². The van der Waals surface area contributed by atoms with Gasteiger partial charge in [0.2, 0.25) is 23.6 Å². The average Bonchev–Trinajstić information content (AvgIpc) is 3.29. The Kier molecular flexibility index (Phi) is 18.7. The molecule has 3 atom stereocenters. The summed E-state index contributed by atoms with van der Waals surface area (Å²) in [4.78, 5) is 72.5. The summed E-state index contributed by atoms with van der Waals surface area (Å²) in [6, 6.07) is 11.3. The van der Waals surface area contributed by atoms with E-state index in [4.69, 9.17) is 20.2 Å². The van der Waals surface area contributed by atoms with Gasteiger partial charge in [0.25, 0.3) is 5.56 Å². The first kappa shape index (κ1) is 50.0. The van der Waals surface area contributed by atoms with Gasteiger partial charge in [-0.3, -0.25) is 29.3 Å². The fraction of sp³-hybridized carbons (Fsp3) is 0.458. The van der Waals surface area contributed by atoms with Gasteiger partial charge in [0, 0.05) is 42.9 Å². The number of methoxy groups -OCH3 is 1. The Bertz CT molecular complexity index is 2390. The van der Waals surface area contributed by atoms with Crippen LogP contribution in [0.2, 0.25) is 0 Å². The van der Waals surface area contributed by atoms with Crippen molar-refractivity contribution in [1.82, 2.24) is 36.6 Å². The molecule has 2 unspecified atom stereocenters. The summed E-state index contributed by atoms with van der Waals surface area (Å²) in [5, 5.41) is 25.3. The van der Waals surface area contributed by atoms with E-state index in [1.54, 1.807) is 19.9 Å². The molecule has 0 spiro atoms. The predicted molar refractivity (Wildman–Crippen MR) is 247 cm³/mol. The normalized spacial score (nSPS) is 14.0. The molecule has 4 aromatic rings. The number of unbranched alkanes of at least 4 members (excludes halogenated alkanes) is 2. The molecule has 16 nitrogen and oxygen atoms in total. The Morgan fingerprint density at radius 2 is 1.72 bits per heavy atom. The number of pyridine rings is 2. The number of halogens is 1. The first-order valence-corrected chi connectivity index (χ1v) is 22.2. The van der Waals surface area contributed by atoms with Crippen LogP contribution in [0.5, 0.6) is 0 Å². The molecule has 0 saturated carbocycles. The lowest BCUT2D eigenvalue weighted by Crippen LogP contribution is -2.51. The molecule has 0 radical (unpaired) electrons. The van der Waals surface area contributed by atoms with Crippen molar-refractivity contribution in [2.24, 2.45) is 5.73 Å². The molecule has 0 saturated heterocycles. The van der Waals surface area contributed by atoms with E-state index < -0.39 is 48.1 Å². The van der Waals surface area contributed by atoms with E-state index in [9.17, 15) is 29.1 Å². The predicted octanol–water partition coefficient (Wildman–Crippen LogP) is 3.77. The van der Waals surface area contributed by atoms with Crippen molar-refractivity contribution >= 4 is 40.3 Å². The van der Waals surface area contributed by atoms with Crippen LogP contribution in [0.15, 0.2) is 53.8 Å². The Labute approximate surface area is 378 Å². The number of amides is 4. The van der Waals surface area contributed by atoms with Crippen LogP contribution in [0, 0.1) is 19.7 Å². The van der Waals surface area contributed by atoms with Gasteiger partial charge in [0.05, 0.1) is 61.4 Å². The van der Waals surface area contributed by atoms with E-state index in [2.05, 4.69) is 38.1 Å². The molecule has 0 aliphatic heterocycles. The summed E-state index contributed by atoms with van der Waals surface area (Å²) in [5.74, 6) is -1.35. The van der Waals surface area contributed by atoms with E-state index in [-0.39, 0.29) is 49.3 Å². The second-order valence-corrected chi connectivity index (χ2v) is 16.2. The topological polar surface area (TPSA) is 239 Å². The molecule has 2 heterocycles. The fourth-order valence-corrected chi connectivity index (χ4v) is 8.14. The van der Waals surface area contributed by atoms with Gasteiger partial charge in [-0.25, -0.2) is 9.37 Å². The number of aliphatic hydroxyl groups is 1. The lowest BCUT2D eigenvalue weighted by Gasteiger charge is -2.30. The molecule has 9 N–H and O–H groups in total. The minimum Gasteiger partial charge on any atom is -0.497 e. The van der Waals surface area contributed by atoms with E-state index in [1.807, 2.05) is 37.3 Å². The minimum atomic E-state index is -0.723. The van der Waals surface area contributed by atoms with E-state index in [0.717, 1.165) is 41.3 Å². The zero-order valence-corrected chi connectivity index (χ0v) is 37.8. The summed E-state index contributed by atoms with van der Waals surface area (Å²) < 4.78 is 26.4. The van der Waals surface area contributed by atoms with Crippen LogP contribution in [0.25, 0.3) is 28.0 Å². The monoisotopic (exact) mass is 898 g/mol. The Morgan fingerprint density at radius 3 is 2.45 bits per heavy atom. The van der Waals surface area contributed by atoms with Gasteiger partial charge >= 0.3 is 0 Å². The molecule has 2 aromatic heterocycles. The lowest BCUT2D eigenvalue weighted by atomic mass is 9.81. The van der Waals surface area contributed by atoms with Crippen LogP contribution >= 0.6 is 0 Å². The average molecular weight is 899 g/mol. The van der Waals surface area contributed by atoms with Crippen LogP contribution in [0.3, 0.4) is 0 Å². The summed E-state index contributed by atoms with van der Waals surface area (Å²) in [7, 11) is 1.41. The first-order valence-electron chi connectivity index (χ1n) is 22.2. The number of carbonyl (C=O) groups is 4. The van der Waals surface area contributed by atoms with Gasteiger partial charge in [-0.15, -0.1) is 0 Å². The van der Waals surface area contributed by atoms with Crippen LogP contribution in [0.4, 0.5) is 4.39 Å². The number of nitrogens with zero attached hydrogens (tertiary/aromatic N) is 1.